The fourth-order valence-corrected chi connectivity index (χ4v) is 3.03. The fourth-order valence-electron chi connectivity index (χ4n) is 3.03. The molecule has 20 heavy (non-hydrogen) atoms. The van der Waals surface area contributed by atoms with Crippen LogP contribution in [0.25, 0.3) is 0 Å². The number of aromatic nitrogens is 3. The quantitative estimate of drug-likeness (QED) is 0.803. The maximum absolute atomic E-state index is 12.1. The molecule has 4 heteroatoms. The monoisotopic (exact) mass is 267 g/mol. The second kappa shape index (κ2) is 4.27. The van der Waals surface area contributed by atoms with Gasteiger partial charge in [-0.05, 0) is 24.8 Å². The molecule has 2 atom stereocenters. The van der Waals surface area contributed by atoms with Crippen LogP contribution in [0.15, 0.2) is 30.3 Å². The van der Waals surface area contributed by atoms with Gasteiger partial charge in [0.1, 0.15) is 5.82 Å². The van der Waals surface area contributed by atoms with E-state index in [4.69, 9.17) is 0 Å². The van der Waals surface area contributed by atoms with Crippen LogP contribution in [0, 0.1) is 5.92 Å². The molecular weight excluding hydrogens is 250 g/mol. The Morgan fingerprint density at radius 2 is 2.00 bits per heavy atom. The molecule has 2 aliphatic rings. The van der Waals surface area contributed by atoms with Crippen LogP contribution in [-0.2, 0) is 0 Å². The summed E-state index contributed by atoms with van der Waals surface area (Å²) >= 11 is 0. The van der Waals surface area contributed by atoms with Crippen molar-refractivity contribution in [3.8, 4) is 0 Å². The third-order valence-corrected chi connectivity index (χ3v) is 4.32. The smallest absolute Gasteiger partial charge is 0.217 e. The molecule has 2 aromatic rings. The summed E-state index contributed by atoms with van der Waals surface area (Å²) in [6, 6.07) is 10.6. The highest BCUT2D eigenvalue weighted by Crippen LogP contribution is 2.39. The van der Waals surface area contributed by atoms with E-state index in [0.717, 1.165) is 25.1 Å². The average molecular weight is 267 g/mol. The van der Waals surface area contributed by atoms with E-state index in [1.165, 1.54) is 5.56 Å². The van der Waals surface area contributed by atoms with Crippen LogP contribution in [0.1, 0.15) is 60.2 Å². The first-order chi connectivity index (χ1) is 9.74. The van der Waals surface area contributed by atoms with Gasteiger partial charge in [-0.2, -0.15) is 0 Å². The Morgan fingerprint density at radius 3 is 2.70 bits per heavy atom. The SMILES string of the molecule is C[C@H]1CC(c2ccccc2)n2nc(C(=O)C3CC3)nc21. The Balaban J connectivity index is 1.72. The van der Waals surface area contributed by atoms with Gasteiger partial charge >= 0.3 is 0 Å². The van der Waals surface area contributed by atoms with Gasteiger partial charge in [-0.1, -0.05) is 37.3 Å². The van der Waals surface area contributed by atoms with Crippen LogP contribution in [0.3, 0.4) is 0 Å². The van der Waals surface area contributed by atoms with Gasteiger partial charge in [0.15, 0.2) is 0 Å². The van der Waals surface area contributed by atoms with Crippen LogP contribution in [-0.4, -0.2) is 20.5 Å². The highest BCUT2D eigenvalue weighted by molar-refractivity contribution is 5.95. The lowest BCUT2D eigenvalue weighted by Crippen LogP contribution is -2.10. The third-order valence-electron chi connectivity index (χ3n) is 4.32. The minimum atomic E-state index is 0.130. The van der Waals surface area contributed by atoms with Gasteiger partial charge in [0.2, 0.25) is 11.6 Å². The van der Waals surface area contributed by atoms with E-state index >= 15 is 0 Å². The van der Waals surface area contributed by atoms with Crippen molar-refractivity contribution < 1.29 is 4.79 Å². The summed E-state index contributed by atoms with van der Waals surface area (Å²) in [5, 5.41) is 4.52. The number of carbonyl (C=O) groups is 1. The number of ketones is 1. The van der Waals surface area contributed by atoms with E-state index in [2.05, 4.69) is 29.1 Å². The zero-order chi connectivity index (χ0) is 13.7. The molecule has 0 bridgehead atoms. The number of carbonyl (C=O) groups excluding carboxylic acids is 1. The lowest BCUT2D eigenvalue weighted by Gasteiger charge is -2.11. The second-order valence-electron chi connectivity index (χ2n) is 5.94. The number of benzene rings is 1. The highest BCUT2D eigenvalue weighted by atomic mass is 16.1. The van der Waals surface area contributed by atoms with E-state index in [9.17, 15) is 4.79 Å². The molecule has 1 aliphatic carbocycles. The Kier molecular flexibility index (Phi) is 2.52. The molecule has 0 N–H and O–H groups in total. The Bertz CT molecular complexity index is 658. The zero-order valence-electron chi connectivity index (χ0n) is 11.5. The van der Waals surface area contributed by atoms with Crippen molar-refractivity contribution in [1.29, 1.82) is 0 Å². The summed E-state index contributed by atoms with van der Waals surface area (Å²) in [4.78, 5) is 16.6. The molecule has 1 aromatic carbocycles. The fraction of sp³-hybridized carbons (Fsp3) is 0.438. The average Bonchev–Trinajstić information content (AvgIpc) is 3.15. The third kappa shape index (κ3) is 1.79. The zero-order valence-corrected chi connectivity index (χ0v) is 11.5. The molecule has 1 saturated carbocycles. The first-order valence-electron chi connectivity index (χ1n) is 7.29. The molecule has 4 rings (SSSR count). The second-order valence-corrected chi connectivity index (χ2v) is 5.94. The number of hydrogen-bond donors (Lipinski definition) is 0. The minimum Gasteiger partial charge on any atom is -0.290 e. The first kappa shape index (κ1) is 11.8. The van der Waals surface area contributed by atoms with E-state index in [1.54, 1.807) is 0 Å². The standard InChI is InChI=1S/C16H17N3O/c1-10-9-13(11-5-3-2-4-6-11)19-16(10)17-15(18-19)14(20)12-7-8-12/h2-6,10,12-13H,7-9H2,1H3/t10-,13?/m0/s1. The van der Waals surface area contributed by atoms with Crippen molar-refractivity contribution >= 4 is 5.78 Å². The number of hydrogen-bond acceptors (Lipinski definition) is 3. The van der Waals surface area contributed by atoms with E-state index in [0.29, 0.717) is 11.7 Å². The van der Waals surface area contributed by atoms with E-state index in [1.807, 2.05) is 22.9 Å². The molecule has 0 amide bonds. The van der Waals surface area contributed by atoms with Gasteiger partial charge in [-0.25, -0.2) is 9.67 Å². The molecule has 1 aliphatic heterocycles. The van der Waals surface area contributed by atoms with E-state index < -0.39 is 0 Å². The number of nitrogens with zero attached hydrogens (tertiary/aromatic N) is 3. The molecule has 102 valence electrons. The highest BCUT2D eigenvalue weighted by Gasteiger charge is 2.37. The van der Waals surface area contributed by atoms with Crippen LogP contribution in [0.4, 0.5) is 0 Å². The molecule has 0 saturated heterocycles. The summed E-state index contributed by atoms with van der Waals surface area (Å²) in [6.07, 6.45) is 3.01. The van der Waals surface area contributed by atoms with Gasteiger partial charge in [0, 0.05) is 11.8 Å². The van der Waals surface area contributed by atoms with Crippen molar-refractivity contribution in [2.45, 2.75) is 38.1 Å². The predicted octanol–water partition coefficient (Wildman–Crippen LogP) is 2.97. The van der Waals surface area contributed by atoms with Crippen molar-refractivity contribution in [2.24, 2.45) is 5.92 Å². The normalized spacial score (nSPS) is 24.6. The molecule has 4 nitrogen and oxygen atoms in total. The Morgan fingerprint density at radius 1 is 1.25 bits per heavy atom. The molecule has 1 fully saturated rings. The summed E-state index contributed by atoms with van der Waals surface area (Å²) in [7, 11) is 0. The number of Topliss-reactive ketones (excluding diaryl/α,β-unsaturated/α-hetero) is 1. The van der Waals surface area contributed by atoms with Gasteiger partial charge in [0.25, 0.3) is 0 Å². The van der Waals surface area contributed by atoms with Crippen LogP contribution < -0.4 is 0 Å². The topological polar surface area (TPSA) is 47.8 Å². The molecular formula is C16H17N3O. The Hall–Kier alpha value is -1.97. The molecule has 0 spiro atoms. The van der Waals surface area contributed by atoms with Gasteiger partial charge in [-0.15, -0.1) is 5.10 Å². The lowest BCUT2D eigenvalue weighted by atomic mass is 10.0. The van der Waals surface area contributed by atoms with E-state index in [-0.39, 0.29) is 17.7 Å². The molecule has 1 aromatic heterocycles. The Labute approximate surface area is 117 Å². The summed E-state index contributed by atoms with van der Waals surface area (Å²) in [5.74, 6) is 2.06. The van der Waals surface area contributed by atoms with Crippen molar-refractivity contribution in [1.82, 2.24) is 14.8 Å². The number of rotatable bonds is 3. The van der Waals surface area contributed by atoms with Crippen molar-refractivity contribution in [3.63, 3.8) is 0 Å². The van der Waals surface area contributed by atoms with Gasteiger partial charge in [-0.3, -0.25) is 4.79 Å². The van der Waals surface area contributed by atoms with Crippen LogP contribution in [0.5, 0.6) is 0 Å². The largest absolute Gasteiger partial charge is 0.290 e. The van der Waals surface area contributed by atoms with Crippen molar-refractivity contribution in [3.05, 3.63) is 47.5 Å². The van der Waals surface area contributed by atoms with Crippen molar-refractivity contribution in [2.75, 3.05) is 0 Å². The summed E-state index contributed by atoms with van der Waals surface area (Å²) < 4.78 is 1.97. The minimum absolute atomic E-state index is 0.130. The molecule has 2 heterocycles. The van der Waals surface area contributed by atoms with Gasteiger partial charge < -0.3 is 0 Å². The predicted molar refractivity (Wildman–Crippen MR) is 74.7 cm³/mol. The molecule has 0 radical (unpaired) electrons. The lowest BCUT2D eigenvalue weighted by molar-refractivity contribution is 0.0957. The first-order valence-corrected chi connectivity index (χ1v) is 7.29. The summed E-state index contributed by atoms with van der Waals surface area (Å²) in [5.41, 5.74) is 1.24. The maximum atomic E-state index is 12.1. The van der Waals surface area contributed by atoms with Crippen LogP contribution in [0.2, 0.25) is 0 Å². The van der Waals surface area contributed by atoms with Gasteiger partial charge in [0.05, 0.1) is 6.04 Å². The maximum Gasteiger partial charge on any atom is 0.217 e. The van der Waals surface area contributed by atoms with Crippen LogP contribution >= 0.6 is 0 Å². The number of fused-ring (bicyclic) bond motifs is 1. The molecule has 1 unspecified atom stereocenters. The summed E-state index contributed by atoms with van der Waals surface area (Å²) in [6.45, 7) is 2.16.